The number of benzene rings is 11. The number of para-hydroxylation sites is 2. The SMILES string of the molecule is CC1(C)c2ccccc2-c2ccc(N(c3ccc4c(c3)C(C)(C)c3ccccc3-4)c3cccc4c3oc3c(-c5ccc6c(c5)C(c5ccccc5)(c5ccccc5)c5ccccc5-6)c5c(cc34)oc3ccccc35)cc21. The molecule has 0 saturated carbocycles. The molecule has 3 nitrogen and oxygen atoms in total. The monoisotopic (exact) mass is 973 g/mol. The summed E-state index contributed by atoms with van der Waals surface area (Å²) in [6.07, 6.45) is 0. The van der Waals surface area contributed by atoms with Crippen molar-refractivity contribution < 1.29 is 8.83 Å². The van der Waals surface area contributed by atoms with Crippen LogP contribution >= 0.6 is 0 Å². The molecule has 0 fully saturated rings. The Morgan fingerprint density at radius 3 is 1.46 bits per heavy atom. The zero-order valence-electron chi connectivity index (χ0n) is 42.8. The molecule has 0 unspecified atom stereocenters. The van der Waals surface area contributed by atoms with Crippen molar-refractivity contribution in [1.82, 2.24) is 0 Å². The fraction of sp³-hybridized carbons (Fsp3) is 0.0959. The first-order valence-electron chi connectivity index (χ1n) is 26.7. The molecule has 13 aromatic rings. The van der Waals surface area contributed by atoms with E-state index in [2.05, 4.69) is 269 Å². The molecule has 0 saturated heterocycles. The van der Waals surface area contributed by atoms with Gasteiger partial charge in [0.25, 0.3) is 0 Å². The minimum absolute atomic E-state index is 0.192. The van der Waals surface area contributed by atoms with Crippen LogP contribution in [0.2, 0.25) is 0 Å². The van der Waals surface area contributed by atoms with E-state index in [1.54, 1.807) is 0 Å². The van der Waals surface area contributed by atoms with Crippen LogP contribution in [0.5, 0.6) is 0 Å². The van der Waals surface area contributed by atoms with Crippen molar-refractivity contribution in [3.63, 3.8) is 0 Å². The van der Waals surface area contributed by atoms with Crippen LogP contribution in [0.1, 0.15) is 72.2 Å². The molecule has 2 heterocycles. The molecule has 0 atom stereocenters. The van der Waals surface area contributed by atoms with Crippen LogP contribution in [0, 0.1) is 0 Å². The van der Waals surface area contributed by atoms with Crippen molar-refractivity contribution in [1.29, 1.82) is 0 Å². The van der Waals surface area contributed by atoms with Gasteiger partial charge in [-0.2, -0.15) is 0 Å². The summed E-state index contributed by atoms with van der Waals surface area (Å²) >= 11 is 0. The van der Waals surface area contributed by atoms with E-state index >= 15 is 0 Å². The van der Waals surface area contributed by atoms with Gasteiger partial charge in [-0.3, -0.25) is 0 Å². The Hall–Kier alpha value is -9.18. The molecule has 16 rings (SSSR count). The lowest BCUT2D eigenvalue weighted by Crippen LogP contribution is -2.28. The minimum atomic E-state index is -0.574. The molecule has 0 bridgehead atoms. The summed E-state index contributed by atoms with van der Waals surface area (Å²) in [5, 5.41) is 4.14. The second-order valence-corrected chi connectivity index (χ2v) is 22.3. The van der Waals surface area contributed by atoms with Crippen LogP contribution in [0.4, 0.5) is 17.1 Å². The van der Waals surface area contributed by atoms with Gasteiger partial charge in [-0.05, 0) is 132 Å². The number of fused-ring (bicyclic) bond motifs is 15. The maximum absolute atomic E-state index is 7.71. The van der Waals surface area contributed by atoms with Gasteiger partial charge in [0.2, 0.25) is 0 Å². The standard InChI is InChI=1S/C73H51NO2/c1-71(2)58-29-15-11-24-49(58)52-38-35-47(41-61(52)71)74(48-36-39-53-50-25-12-16-30-59(50)72(3,4)62(53)42-48)64-32-19-28-55-57-43-66-68(56-27-14-18-33-65(56)75-66)67(70(57)76-69(55)64)44-34-37-54-51-26-13-17-31-60(51)73(63(54)40-44,45-20-7-5-8-21-45)46-22-9-6-10-23-46/h5-43H,1-4H3. The first-order valence-corrected chi connectivity index (χ1v) is 26.7. The van der Waals surface area contributed by atoms with Crippen molar-refractivity contribution in [3.8, 4) is 44.5 Å². The Labute approximate surface area is 442 Å². The summed E-state index contributed by atoms with van der Waals surface area (Å²) in [7, 11) is 0. The van der Waals surface area contributed by atoms with Crippen molar-refractivity contribution in [2.75, 3.05) is 4.90 Å². The number of furan rings is 2. The quantitative estimate of drug-likeness (QED) is 0.166. The summed E-state index contributed by atoms with van der Waals surface area (Å²) in [4.78, 5) is 2.45. The van der Waals surface area contributed by atoms with Crippen LogP contribution < -0.4 is 4.90 Å². The highest BCUT2D eigenvalue weighted by Crippen LogP contribution is 2.59. The summed E-state index contributed by atoms with van der Waals surface area (Å²) < 4.78 is 14.6. The van der Waals surface area contributed by atoms with E-state index in [4.69, 9.17) is 8.83 Å². The summed E-state index contributed by atoms with van der Waals surface area (Å²) in [6, 6.07) is 87.5. The third kappa shape index (κ3) is 5.67. The van der Waals surface area contributed by atoms with Crippen LogP contribution in [-0.2, 0) is 16.2 Å². The zero-order valence-corrected chi connectivity index (χ0v) is 42.8. The summed E-state index contributed by atoms with van der Waals surface area (Å²) in [6.45, 7) is 9.46. The zero-order chi connectivity index (χ0) is 50.7. The highest BCUT2D eigenvalue weighted by molar-refractivity contribution is 6.24. The van der Waals surface area contributed by atoms with Gasteiger partial charge in [-0.1, -0.05) is 216 Å². The predicted molar refractivity (Wildman–Crippen MR) is 314 cm³/mol. The Balaban J connectivity index is 0.974. The molecule has 0 amide bonds. The van der Waals surface area contributed by atoms with E-state index in [1.165, 1.54) is 77.9 Å². The highest BCUT2D eigenvalue weighted by atomic mass is 16.3. The largest absolute Gasteiger partial charge is 0.456 e. The van der Waals surface area contributed by atoms with Crippen molar-refractivity contribution >= 4 is 60.9 Å². The molecule has 0 radical (unpaired) electrons. The Kier molecular flexibility index (Phi) is 8.79. The van der Waals surface area contributed by atoms with Gasteiger partial charge in [0.1, 0.15) is 16.7 Å². The summed E-state index contributed by atoms with van der Waals surface area (Å²) in [5.74, 6) is 0. The van der Waals surface area contributed by atoms with E-state index in [0.717, 1.165) is 72.1 Å². The number of nitrogens with zero attached hydrogens (tertiary/aromatic N) is 1. The fourth-order valence-corrected chi connectivity index (χ4v) is 14.3. The lowest BCUT2D eigenvalue weighted by Gasteiger charge is -2.34. The number of anilines is 3. The molecule has 3 aliphatic rings. The minimum Gasteiger partial charge on any atom is -0.456 e. The van der Waals surface area contributed by atoms with Gasteiger partial charge in [-0.15, -0.1) is 0 Å². The number of hydrogen-bond donors (Lipinski definition) is 0. The average Bonchev–Trinajstić information content (AvgIpc) is 4.42. The topological polar surface area (TPSA) is 29.5 Å². The Bertz CT molecular complexity index is 4440. The number of hydrogen-bond acceptors (Lipinski definition) is 3. The molecule has 11 aromatic carbocycles. The Morgan fingerprint density at radius 2 is 0.829 bits per heavy atom. The molecule has 360 valence electrons. The van der Waals surface area contributed by atoms with Crippen LogP contribution in [0.25, 0.3) is 88.4 Å². The fourth-order valence-electron chi connectivity index (χ4n) is 14.3. The molecular weight excluding hydrogens is 923 g/mol. The van der Waals surface area contributed by atoms with Gasteiger partial charge in [0.15, 0.2) is 5.58 Å². The van der Waals surface area contributed by atoms with E-state index < -0.39 is 5.41 Å². The Morgan fingerprint density at radius 1 is 0.329 bits per heavy atom. The maximum Gasteiger partial charge on any atom is 0.159 e. The molecule has 0 aliphatic heterocycles. The lowest BCUT2D eigenvalue weighted by molar-refractivity contribution is 0.659. The third-order valence-corrected chi connectivity index (χ3v) is 17.7. The lowest BCUT2D eigenvalue weighted by atomic mass is 9.67. The van der Waals surface area contributed by atoms with Crippen molar-refractivity contribution in [2.45, 2.75) is 43.9 Å². The van der Waals surface area contributed by atoms with E-state index in [9.17, 15) is 0 Å². The van der Waals surface area contributed by atoms with E-state index in [-0.39, 0.29) is 10.8 Å². The van der Waals surface area contributed by atoms with Crippen LogP contribution in [0.3, 0.4) is 0 Å². The molecule has 3 aliphatic carbocycles. The molecule has 2 aromatic heterocycles. The molecule has 3 heteroatoms. The van der Waals surface area contributed by atoms with Gasteiger partial charge < -0.3 is 13.7 Å². The molecular formula is C73H51NO2. The van der Waals surface area contributed by atoms with Crippen molar-refractivity contribution in [3.05, 3.63) is 281 Å². The van der Waals surface area contributed by atoms with Crippen LogP contribution in [0.15, 0.2) is 245 Å². The van der Waals surface area contributed by atoms with Gasteiger partial charge >= 0.3 is 0 Å². The van der Waals surface area contributed by atoms with Gasteiger partial charge in [0, 0.05) is 49.3 Å². The van der Waals surface area contributed by atoms with Crippen LogP contribution in [-0.4, -0.2) is 0 Å². The van der Waals surface area contributed by atoms with E-state index in [1.807, 2.05) is 0 Å². The molecule has 0 spiro atoms. The third-order valence-electron chi connectivity index (χ3n) is 17.7. The normalized spacial score (nSPS) is 14.9. The van der Waals surface area contributed by atoms with Gasteiger partial charge in [0.05, 0.1) is 11.1 Å². The van der Waals surface area contributed by atoms with E-state index in [0.29, 0.717) is 0 Å². The van der Waals surface area contributed by atoms with Crippen molar-refractivity contribution in [2.24, 2.45) is 0 Å². The number of rotatable bonds is 6. The maximum atomic E-state index is 7.71. The highest BCUT2D eigenvalue weighted by Gasteiger charge is 2.46. The first kappa shape index (κ1) is 43.2. The first-order chi connectivity index (χ1) is 37.2. The molecule has 76 heavy (non-hydrogen) atoms. The van der Waals surface area contributed by atoms with Gasteiger partial charge in [-0.25, -0.2) is 0 Å². The average molecular weight is 974 g/mol. The summed E-state index contributed by atoms with van der Waals surface area (Å²) in [5.41, 5.74) is 25.6. The second kappa shape index (κ2) is 15.4. The molecule has 0 N–H and O–H groups in total. The smallest absolute Gasteiger partial charge is 0.159 e. The second-order valence-electron chi connectivity index (χ2n) is 22.3. The predicted octanol–water partition coefficient (Wildman–Crippen LogP) is 19.6.